The molecule has 4 nitrogen and oxygen atoms in total. The first-order valence-corrected chi connectivity index (χ1v) is 35.6. The molecular weight excluding hydrogens is 1260 g/mol. The minimum absolute atomic E-state index is 1.11. The maximum atomic E-state index is 2.37. The molecule has 0 radical (unpaired) electrons. The minimum Gasteiger partial charge on any atom is -0.311 e. The fourth-order valence-corrected chi connectivity index (χ4v) is 15.0. The zero-order valence-electron chi connectivity index (χ0n) is 57.2. The number of hydrogen-bond acceptors (Lipinski definition) is 2. The van der Waals surface area contributed by atoms with Gasteiger partial charge in [0.1, 0.15) is 0 Å². The van der Waals surface area contributed by atoms with E-state index in [4.69, 9.17) is 0 Å². The van der Waals surface area contributed by atoms with Crippen LogP contribution in [0.15, 0.2) is 425 Å². The van der Waals surface area contributed by atoms with E-state index in [0.717, 1.165) is 34.1 Å². The summed E-state index contributed by atoms with van der Waals surface area (Å²) in [6, 6.07) is 153. The van der Waals surface area contributed by atoms with Gasteiger partial charge in [0.25, 0.3) is 0 Å². The lowest BCUT2D eigenvalue weighted by atomic mass is 9.99. The van der Waals surface area contributed by atoms with Crippen LogP contribution in [-0.4, -0.2) is 9.13 Å². The van der Waals surface area contributed by atoms with Gasteiger partial charge in [-0.05, 0) is 217 Å². The summed E-state index contributed by atoms with van der Waals surface area (Å²) in [4.78, 5) is 4.69. The molecule has 0 amide bonds. The van der Waals surface area contributed by atoms with Gasteiger partial charge in [0.2, 0.25) is 0 Å². The van der Waals surface area contributed by atoms with Crippen LogP contribution in [0.4, 0.5) is 34.1 Å². The third-order valence-electron chi connectivity index (χ3n) is 20.2. The third kappa shape index (κ3) is 12.2. The highest BCUT2D eigenvalue weighted by Crippen LogP contribution is 2.43. The van der Waals surface area contributed by atoms with Crippen molar-refractivity contribution in [1.82, 2.24) is 9.13 Å². The first kappa shape index (κ1) is 62.5. The smallest absolute Gasteiger partial charge is 0.0541 e. The lowest BCUT2D eigenvalue weighted by Crippen LogP contribution is -2.09. The van der Waals surface area contributed by atoms with Crippen molar-refractivity contribution in [3.63, 3.8) is 0 Å². The van der Waals surface area contributed by atoms with Crippen LogP contribution < -0.4 is 9.80 Å². The van der Waals surface area contributed by atoms with E-state index >= 15 is 0 Å². The van der Waals surface area contributed by atoms with Gasteiger partial charge in [-0.1, -0.05) is 285 Å². The zero-order valence-corrected chi connectivity index (χ0v) is 57.2. The lowest BCUT2D eigenvalue weighted by molar-refractivity contribution is 1.18. The second-order valence-corrected chi connectivity index (χ2v) is 26.5. The summed E-state index contributed by atoms with van der Waals surface area (Å²) < 4.78 is 4.73. The van der Waals surface area contributed by atoms with Crippen molar-refractivity contribution in [1.29, 1.82) is 0 Å². The fraction of sp³-hybridized carbons (Fsp3) is 0. The van der Waals surface area contributed by atoms with Gasteiger partial charge >= 0.3 is 0 Å². The largest absolute Gasteiger partial charge is 0.311 e. The molecule has 19 aromatic rings. The van der Waals surface area contributed by atoms with Crippen molar-refractivity contribution in [2.75, 3.05) is 9.80 Å². The van der Waals surface area contributed by atoms with Crippen molar-refractivity contribution < 1.29 is 0 Å². The van der Waals surface area contributed by atoms with Gasteiger partial charge in [-0.2, -0.15) is 0 Å². The van der Waals surface area contributed by atoms with E-state index in [1.54, 1.807) is 0 Å². The summed E-state index contributed by atoms with van der Waals surface area (Å²) in [5.41, 5.74) is 28.3. The Morgan fingerprint density at radius 2 is 0.375 bits per heavy atom. The average molecular weight is 1330 g/mol. The number of anilines is 6. The molecule has 2 aromatic heterocycles. The van der Waals surface area contributed by atoms with Gasteiger partial charge in [-0.25, -0.2) is 0 Å². The van der Waals surface area contributed by atoms with Gasteiger partial charge in [-0.3, -0.25) is 0 Å². The first-order valence-electron chi connectivity index (χ1n) is 35.6. The summed E-state index contributed by atoms with van der Waals surface area (Å²) in [7, 11) is 0. The molecule has 0 saturated carbocycles. The molecule has 0 fully saturated rings. The Morgan fingerprint density at radius 1 is 0.144 bits per heavy atom. The second-order valence-electron chi connectivity index (χ2n) is 26.5. The van der Waals surface area contributed by atoms with Crippen molar-refractivity contribution in [3.8, 4) is 78.1 Å². The number of rotatable bonds is 14. The van der Waals surface area contributed by atoms with Crippen molar-refractivity contribution in [2.24, 2.45) is 0 Å². The summed E-state index contributed by atoms with van der Waals surface area (Å²) in [6.07, 6.45) is 0. The highest BCUT2D eigenvalue weighted by molar-refractivity contribution is 6.12. The molecule has 0 aliphatic carbocycles. The zero-order chi connectivity index (χ0) is 69.1. The Bertz CT molecular complexity index is 6030. The molecule has 0 N–H and O–H groups in total. The van der Waals surface area contributed by atoms with Crippen LogP contribution in [0, 0.1) is 0 Å². The van der Waals surface area contributed by atoms with Crippen LogP contribution in [0.2, 0.25) is 0 Å². The van der Waals surface area contributed by atoms with Crippen LogP contribution in [0.5, 0.6) is 0 Å². The highest BCUT2D eigenvalue weighted by atomic mass is 15.1. The quantitative estimate of drug-likeness (QED) is 0.108. The Kier molecular flexibility index (Phi) is 16.6. The van der Waals surface area contributed by atoms with E-state index in [-0.39, 0.29) is 0 Å². The van der Waals surface area contributed by atoms with Crippen LogP contribution >= 0.6 is 0 Å². The predicted octanol–water partition coefficient (Wildman–Crippen LogP) is 27.7. The maximum absolute atomic E-state index is 2.37. The van der Waals surface area contributed by atoms with E-state index in [0.29, 0.717) is 0 Å². The molecule has 0 bridgehead atoms. The molecule has 0 aliphatic rings. The van der Waals surface area contributed by atoms with Gasteiger partial charge in [0.05, 0.1) is 22.1 Å². The molecule has 0 saturated heterocycles. The van der Waals surface area contributed by atoms with E-state index in [1.807, 2.05) is 0 Å². The first-order chi connectivity index (χ1) is 51.6. The summed E-state index contributed by atoms with van der Waals surface area (Å²) in [5.74, 6) is 0. The Labute approximate surface area is 606 Å². The van der Waals surface area contributed by atoms with E-state index in [2.05, 4.69) is 444 Å². The molecule has 0 aliphatic heterocycles. The molecule has 0 atom stereocenters. The topological polar surface area (TPSA) is 16.3 Å². The van der Waals surface area contributed by atoms with Crippen molar-refractivity contribution in [2.45, 2.75) is 0 Å². The van der Waals surface area contributed by atoms with Gasteiger partial charge < -0.3 is 18.9 Å². The minimum atomic E-state index is 1.11. The molecule has 17 aromatic carbocycles. The Morgan fingerprint density at radius 3 is 0.740 bits per heavy atom. The van der Waals surface area contributed by atoms with E-state index in [9.17, 15) is 0 Å². The fourth-order valence-electron chi connectivity index (χ4n) is 15.0. The van der Waals surface area contributed by atoms with Crippen LogP contribution in [0.3, 0.4) is 0 Å². The van der Waals surface area contributed by atoms with E-state index < -0.39 is 0 Å². The van der Waals surface area contributed by atoms with Gasteiger partial charge in [0.15, 0.2) is 0 Å². The normalized spacial score (nSPS) is 11.3. The summed E-state index contributed by atoms with van der Waals surface area (Å²) in [6.45, 7) is 0. The van der Waals surface area contributed by atoms with Crippen molar-refractivity contribution >= 4 is 88.5 Å². The Hall–Kier alpha value is -13.8. The molecule has 490 valence electrons. The SMILES string of the molecule is c1ccc(-c2ccc(N(c3ccc(-c4ccccc4)cc3)c3ccc(-c4ccc5c(c4)c4ccccc4n5-c4ccccc4)cc3)cc2)cc1.c1ccc(-c2ccc(N(c3ccc(-c4ccccc4)cc3)c3ccc4cc(-c5ccc6c(c5)c5ccccc5n6-c5ccccc5)ccc4c3)cc2)cc1. The van der Waals surface area contributed by atoms with Crippen molar-refractivity contribution in [3.05, 3.63) is 425 Å². The van der Waals surface area contributed by atoms with Gasteiger partial charge in [-0.15, -0.1) is 0 Å². The molecule has 19 rings (SSSR count). The number of hydrogen-bond donors (Lipinski definition) is 0. The molecule has 4 heteroatoms. The van der Waals surface area contributed by atoms with E-state index in [1.165, 1.54) is 133 Å². The van der Waals surface area contributed by atoms with Crippen LogP contribution in [0.1, 0.15) is 0 Å². The van der Waals surface area contributed by atoms with Gasteiger partial charge in [0, 0.05) is 67.0 Å². The third-order valence-corrected chi connectivity index (χ3v) is 20.2. The van der Waals surface area contributed by atoms with Crippen LogP contribution in [0.25, 0.3) is 133 Å². The average Bonchev–Trinajstić information content (AvgIpc) is 1.59. The summed E-state index contributed by atoms with van der Waals surface area (Å²) in [5, 5.41) is 7.44. The summed E-state index contributed by atoms with van der Waals surface area (Å²) >= 11 is 0. The highest BCUT2D eigenvalue weighted by Gasteiger charge is 2.20. The predicted molar refractivity (Wildman–Crippen MR) is 441 cm³/mol. The standard InChI is InChI=1S/C52H36N2.C48H34N2/c1-4-12-37(13-5-1)39-22-28-46(29-23-39)53(47-30-24-40(25-31-47)38-14-6-2-7-15-38)48-32-26-42-34-41(20-21-43(42)35-48)44-27-33-52-50(36-44)49-18-10-11-19-51(49)54(52)45-16-8-3-9-17-45;1-4-12-35(13-5-1)37-20-27-42(28-21-37)49(43-29-22-38(23-30-43)36-14-6-2-7-15-36)44-31-24-39(25-32-44)40-26-33-48-46(34-40)45-18-10-11-19-47(45)50(48)41-16-8-3-9-17-41/h1-36H;1-34H. The maximum Gasteiger partial charge on any atom is 0.0541 e. The molecule has 0 unspecified atom stereocenters. The molecule has 2 heterocycles. The van der Waals surface area contributed by atoms with Crippen LogP contribution in [-0.2, 0) is 0 Å². The number of benzene rings is 17. The number of nitrogens with zero attached hydrogens (tertiary/aromatic N) is 4. The Balaban J connectivity index is 0.000000149. The number of para-hydroxylation sites is 4. The second kappa shape index (κ2) is 27.7. The number of fused-ring (bicyclic) bond motifs is 7. The monoisotopic (exact) mass is 1330 g/mol. The lowest BCUT2D eigenvalue weighted by Gasteiger charge is -2.26. The molecule has 0 spiro atoms. The number of aromatic nitrogens is 2. The molecular formula is C100H70N4. The molecule has 104 heavy (non-hydrogen) atoms.